The van der Waals surface area contributed by atoms with Crippen molar-refractivity contribution in [3.05, 3.63) is 64.2 Å². The molecule has 1 aliphatic heterocycles. The summed E-state index contributed by atoms with van der Waals surface area (Å²) in [6, 6.07) is 12.6. The summed E-state index contributed by atoms with van der Waals surface area (Å²) in [4.78, 5) is 37.0. The van der Waals surface area contributed by atoms with Crippen LogP contribution in [0.2, 0.25) is 0 Å². The van der Waals surface area contributed by atoms with Gasteiger partial charge in [-0.3, -0.25) is 14.9 Å². The Balaban J connectivity index is 1.88. The summed E-state index contributed by atoms with van der Waals surface area (Å²) >= 11 is 0. The minimum atomic E-state index is -0.649. The number of anilines is 2. The summed E-state index contributed by atoms with van der Waals surface area (Å²) in [5.74, 6) is -0.894. The lowest BCUT2D eigenvalue weighted by atomic mass is 10.1. The quantitative estimate of drug-likeness (QED) is 0.494. The standard InChI is InChI=1S/C19H19N3O5/c1-27-19(24)16-8-5-11-21(16)18(23)13-9-10-15(17(12-13)22(25)26)20-14-6-3-2-4-7-14/h2-4,6-7,9-10,12,16,20H,5,8,11H2,1H3. The Labute approximate surface area is 155 Å². The van der Waals surface area contributed by atoms with Gasteiger partial charge in [0.25, 0.3) is 11.6 Å². The van der Waals surface area contributed by atoms with Crippen LogP contribution in [0, 0.1) is 10.1 Å². The van der Waals surface area contributed by atoms with Gasteiger partial charge < -0.3 is 15.0 Å². The maximum atomic E-state index is 12.8. The van der Waals surface area contributed by atoms with Crippen molar-refractivity contribution in [1.29, 1.82) is 0 Å². The number of hydrogen-bond acceptors (Lipinski definition) is 6. The number of methoxy groups -OCH3 is 1. The first-order chi connectivity index (χ1) is 13.0. The zero-order valence-corrected chi connectivity index (χ0v) is 14.8. The molecule has 3 rings (SSSR count). The number of esters is 1. The van der Waals surface area contributed by atoms with Gasteiger partial charge in [-0.25, -0.2) is 4.79 Å². The first kappa shape index (κ1) is 18.4. The maximum Gasteiger partial charge on any atom is 0.328 e. The zero-order chi connectivity index (χ0) is 19.4. The van der Waals surface area contributed by atoms with E-state index < -0.39 is 22.8 Å². The fourth-order valence-corrected chi connectivity index (χ4v) is 3.16. The summed E-state index contributed by atoms with van der Waals surface area (Å²) in [6.45, 7) is 0.413. The molecule has 0 aromatic heterocycles. The van der Waals surface area contributed by atoms with Crippen LogP contribution in [0.3, 0.4) is 0 Å². The molecule has 2 aromatic carbocycles. The van der Waals surface area contributed by atoms with E-state index in [0.717, 1.165) is 0 Å². The summed E-state index contributed by atoms with van der Waals surface area (Å²) in [5, 5.41) is 14.5. The molecule has 1 saturated heterocycles. The molecule has 1 N–H and O–H groups in total. The fourth-order valence-electron chi connectivity index (χ4n) is 3.16. The van der Waals surface area contributed by atoms with Gasteiger partial charge in [0, 0.05) is 23.9 Å². The van der Waals surface area contributed by atoms with Crippen molar-refractivity contribution in [2.75, 3.05) is 19.0 Å². The van der Waals surface area contributed by atoms with E-state index in [-0.39, 0.29) is 16.9 Å². The molecule has 1 amide bonds. The molecule has 1 atom stereocenters. The van der Waals surface area contributed by atoms with Gasteiger partial charge in [-0.1, -0.05) is 18.2 Å². The Morgan fingerprint density at radius 2 is 1.96 bits per heavy atom. The lowest BCUT2D eigenvalue weighted by Crippen LogP contribution is -2.41. The van der Waals surface area contributed by atoms with E-state index in [9.17, 15) is 19.7 Å². The van der Waals surface area contributed by atoms with Gasteiger partial charge in [0.1, 0.15) is 11.7 Å². The minimum Gasteiger partial charge on any atom is -0.467 e. The third-order valence-electron chi connectivity index (χ3n) is 4.48. The molecule has 0 saturated carbocycles. The highest BCUT2D eigenvalue weighted by Crippen LogP contribution is 2.30. The van der Waals surface area contributed by atoms with E-state index in [4.69, 9.17) is 4.74 Å². The van der Waals surface area contributed by atoms with Crippen molar-refractivity contribution in [2.45, 2.75) is 18.9 Å². The Bertz CT molecular complexity index is 869. The summed E-state index contributed by atoms with van der Waals surface area (Å²) < 4.78 is 4.75. The zero-order valence-electron chi connectivity index (χ0n) is 14.8. The number of benzene rings is 2. The number of amides is 1. The van der Waals surface area contributed by atoms with Crippen LogP contribution in [0.4, 0.5) is 17.1 Å². The second kappa shape index (κ2) is 7.86. The third kappa shape index (κ3) is 3.89. The van der Waals surface area contributed by atoms with Crippen molar-refractivity contribution < 1.29 is 19.2 Å². The second-order valence-electron chi connectivity index (χ2n) is 6.16. The van der Waals surface area contributed by atoms with Crippen LogP contribution in [0.25, 0.3) is 0 Å². The predicted molar refractivity (Wildman–Crippen MR) is 98.9 cm³/mol. The Morgan fingerprint density at radius 1 is 1.22 bits per heavy atom. The monoisotopic (exact) mass is 369 g/mol. The number of rotatable bonds is 5. The van der Waals surface area contributed by atoms with Crippen molar-refractivity contribution in [2.24, 2.45) is 0 Å². The normalized spacial score (nSPS) is 16.0. The van der Waals surface area contributed by atoms with Crippen molar-refractivity contribution >= 4 is 28.9 Å². The van der Waals surface area contributed by atoms with Gasteiger partial charge in [-0.15, -0.1) is 0 Å². The van der Waals surface area contributed by atoms with E-state index in [1.165, 1.54) is 30.2 Å². The molecule has 0 spiro atoms. The van der Waals surface area contributed by atoms with Gasteiger partial charge >= 0.3 is 5.97 Å². The largest absolute Gasteiger partial charge is 0.467 e. The lowest BCUT2D eigenvalue weighted by molar-refractivity contribution is -0.383. The molecular formula is C19H19N3O5. The smallest absolute Gasteiger partial charge is 0.328 e. The van der Waals surface area contributed by atoms with Gasteiger partial charge in [-0.2, -0.15) is 0 Å². The molecule has 8 nitrogen and oxygen atoms in total. The number of likely N-dealkylation sites (tertiary alicyclic amines) is 1. The Hall–Kier alpha value is -3.42. The summed E-state index contributed by atoms with van der Waals surface area (Å²) in [6.07, 6.45) is 1.20. The Morgan fingerprint density at radius 3 is 2.63 bits per heavy atom. The number of para-hydroxylation sites is 1. The Kier molecular flexibility index (Phi) is 5.35. The molecule has 0 radical (unpaired) electrons. The highest BCUT2D eigenvalue weighted by molar-refractivity contribution is 5.98. The summed E-state index contributed by atoms with van der Waals surface area (Å²) in [5.41, 5.74) is 0.938. The maximum absolute atomic E-state index is 12.8. The number of nitro groups is 1. The van der Waals surface area contributed by atoms with Crippen LogP contribution in [0.15, 0.2) is 48.5 Å². The van der Waals surface area contributed by atoms with Gasteiger partial charge in [0.15, 0.2) is 0 Å². The molecule has 8 heteroatoms. The number of hydrogen-bond donors (Lipinski definition) is 1. The highest BCUT2D eigenvalue weighted by atomic mass is 16.6. The molecule has 0 aliphatic carbocycles. The topological polar surface area (TPSA) is 102 Å². The van der Waals surface area contributed by atoms with Crippen LogP contribution >= 0.6 is 0 Å². The molecular weight excluding hydrogens is 350 g/mol. The van der Waals surface area contributed by atoms with Gasteiger partial charge in [-0.05, 0) is 37.1 Å². The number of ether oxygens (including phenoxy) is 1. The fraction of sp³-hybridized carbons (Fsp3) is 0.263. The molecule has 1 fully saturated rings. The third-order valence-corrected chi connectivity index (χ3v) is 4.48. The van der Waals surface area contributed by atoms with Gasteiger partial charge in [0.2, 0.25) is 0 Å². The van der Waals surface area contributed by atoms with E-state index >= 15 is 0 Å². The second-order valence-corrected chi connectivity index (χ2v) is 6.16. The van der Waals surface area contributed by atoms with Crippen LogP contribution in [-0.2, 0) is 9.53 Å². The first-order valence-electron chi connectivity index (χ1n) is 8.50. The average Bonchev–Trinajstić information content (AvgIpc) is 3.17. The van der Waals surface area contributed by atoms with Crippen LogP contribution < -0.4 is 5.32 Å². The number of nitrogens with zero attached hydrogens (tertiary/aromatic N) is 2. The number of nitro benzene ring substituents is 1. The lowest BCUT2D eigenvalue weighted by Gasteiger charge is -2.22. The van der Waals surface area contributed by atoms with Crippen LogP contribution in [0.1, 0.15) is 23.2 Å². The average molecular weight is 369 g/mol. The van der Waals surface area contributed by atoms with Gasteiger partial charge in [0.05, 0.1) is 12.0 Å². The van der Waals surface area contributed by atoms with Crippen molar-refractivity contribution in [3.8, 4) is 0 Å². The molecule has 1 aliphatic rings. The molecule has 0 bridgehead atoms. The molecule has 140 valence electrons. The molecule has 2 aromatic rings. The molecule has 1 heterocycles. The van der Waals surface area contributed by atoms with Crippen LogP contribution in [0.5, 0.6) is 0 Å². The van der Waals surface area contributed by atoms with E-state index in [0.29, 0.717) is 25.1 Å². The highest BCUT2D eigenvalue weighted by Gasteiger charge is 2.35. The minimum absolute atomic E-state index is 0.163. The SMILES string of the molecule is COC(=O)C1CCCN1C(=O)c1ccc(Nc2ccccc2)c([N+](=O)[O-])c1. The van der Waals surface area contributed by atoms with Crippen LogP contribution in [-0.4, -0.2) is 41.4 Å². The molecule has 27 heavy (non-hydrogen) atoms. The number of carbonyl (C=O) groups excluding carboxylic acids is 2. The van der Waals surface area contributed by atoms with E-state index in [1.54, 1.807) is 12.1 Å². The summed E-state index contributed by atoms with van der Waals surface area (Å²) in [7, 11) is 1.28. The van der Waals surface area contributed by atoms with Crippen molar-refractivity contribution in [3.63, 3.8) is 0 Å². The van der Waals surface area contributed by atoms with E-state index in [2.05, 4.69) is 5.32 Å². The molecule has 1 unspecified atom stereocenters. The predicted octanol–water partition coefficient (Wildman–Crippen LogP) is 3.12. The number of nitrogens with one attached hydrogen (secondary N) is 1. The van der Waals surface area contributed by atoms with E-state index in [1.807, 2.05) is 18.2 Å². The first-order valence-corrected chi connectivity index (χ1v) is 8.50. The number of carbonyl (C=O) groups is 2. The van der Waals surface area contributed by atoms with Crippen molar-refractivity contribution in [1.82, 2.24) is 4.90 Å².